The summed E-state index contributed by atoms with van der Waals surface area (Å²) >= 11 is 1.60. The number of hydrogen-bond donors (Lipinski definition) is 1. The second-order valence-electron chi connectivity index (χ2n) is 7.03. The Morgan fingerprint density at radius 1 is 1.22 bits per heavy atom. The van der Waals surface area contributed by atoms with Crippen molar-refractivity contribution in [2.45, 2.75) is 27.2 Å². The largest absolute Gasteiger partial charge is 0.326 e. The molecule has 0 saturated carbocycles. The fourth-order valence-electron chi connectivity index (χ4n) is 3.51. The smallest absolute Gasteiger partial charge is 0.229 e. The maximum Gasteiger partial charge on any atom is 0.229 e. The highest BCUT2D eigenvalue weighted by Crippen LogP contribution is 2.30. The van der Waals surface area contributed by atoms with E-state index >= 15 is 0 Å². The Kier molecular flexibility index (Phi) is 4.44. The topological polar surface area (TPSA) is 62.3 Å². The number of aromatic nitrogens is 1. The summed E-state index contributed by atoms with van der Waals surface area (Å²) in [7, 11) is 0. The molecule has 3 aromatic rings. The lowest BCUT2D eigenvalue weighted by Crippen LogP contribution is -2.28. The van der Waals surface area contributed by atoms with Gasteiger partial charge < -0.3 is 10.2 Å². The molecule has 1 aromatic heterocycles. The zero-order valence-electron chi connectivity index (χ0n) is 15.6. The first-order valence-electron chi connectivity index (χ1n) is 8.97. The van der Waals surface area contributed by atoms with Gasteiger partial charge in [0.2, 0.25) is 11.8 Å². The van der Waals surface area contributed by atoms with E-state index in [4.69, 9.17) is 0 Å². The van der Waals surface area contributed by atoms with Crippen LogP contribution in [0.4, 0.5) is 11.4 Å². The normalized spacial score (nSPS) is 16.9. The Bertz CT molecular complexity index is 1060. The second kappa shape index (κ2) is 6.78. The molecule has 5 nitrogen and oxygen atoms in total. The van der Waals surface area contributed by atoms with E-state index in [1.165, 1.54) is 0 Å². The molecule has 27 heavy (non-hydrogen) atoms. The van der Waals surface area contributed by atoms with E-state index < -0.39 is 0 Å². The molecular formula is C21H21N3O2S. The quantitative estimate of drug-likeness (QED) is 0.741. The Morgan fingerprint density at radius 3 is 2.85 bits per heavy atom. The Labute approximate surface area is 162 Å². The van der Waals surface area contributed by atoms with Gasteiger partial charge in [-0.3, -0.25) is 9.59 Å². The molecule has 1 aliphatic heterocycles. The first kappa shape index (κ1) is 17.7. The van der Waals surface area contributed by atoms with E-state index in [1.807, 2.05) is 57.2 Å². The van der Waals surface area contributed by atoms with Crippen LogP contribution in [0.2, 0.25) is 0 Å². The maximum atomic E-state index is 12.7. The molecule has 0 radical (unpaired) electrons. The second-order valence-corrected chi connectivity index (χ2v) is 8.26. The first-order chi connectivity index (χ1) is 12.9. The van der Waals surface area contributed by atoms with Crippen molar-refractivity contribution >= 4 is 44.7 Å². The summed E-state index contributed by atoms with van der Waals surface area (Å²) < 4.78 is 1.05. The van der Waals surface area contributed by atoms with Crippen molar-refractivity contribution in [2.24, 2.45) is 5.92 Å². The zero-order valence-corrected chi connectivity index (χ0v) is 16.4. The highest BCUT2D eigenvalue weighted by atomic mass is 32.1. The number of carbonyl (C=O) groups excluding carboxylic acids is 2. The molecule has 1 saturated heterocycles. The number of amides is 2. The molecule has 138 valence electrons. The molecule has 4 rings (SSSR count). The number of thiazole rings is 1. The lowest BCUT2D eigenvalue weighted by molar-refractivity contribution is -0.122. The van der Waals surface area contributed by atoms with E-state index in [-0.39, 0.29) is 24.2 Å². The summed E-state index contributed by atoms with van der Waals surface area (Å²) in [6.45, 7) is 6.42. The molecule has 0 spiro atoms. The van der Waals surface area contributed by atoms with Crippen LogP contribution in [0.3, 0.4) is 0 Å². The molecule has 0 unspecified atom stereocenters. The highest BCUT2D eigenvalue weighted by Gasteiger charge is 2.35. The van der Waals surface area contributed by atoms with Crippen molar-refractivity contribution in [3.8, 4) is 0 Å². The van der Waals surface area contributed by atoms with Crippen LogP contribution < -0.4 is 10.2 Å². The van der Waals surface area contributed by atoms with Crippen molar-refractivity contribution in [2.75, 3.05) is 16.8 Å². The first-order valence-corrected chi connectivity index (χ1v) is 9.78. The molecule has 0 bridgehead atoms. The SMILES string of the molecule is Cc1nc2ccc(NC(=O)[C@H]3CC(=O)N(c4cccc(C)c4C)C3)cc2s1. The van der Waals surface area contributed by atoms with E-state index in [1.54, 1.807) is 16.2 Å². The lowest BCUT2D eigenvalue weighted by Gasteiger charge is -2.20. The molecule has 1 atom stereocenters. The van der Waals surface area contributed by atoms with Crippen LogP contribution in [-0.2, 0) is 9.59 Å². The molecular weight excluding hydrogens is 358 g/mol. The van der Waals surface area contributed by atoms with Gasteiger partial charge in [-0.1, -0.05) is 12.1 Å². The molecule has 2 heterocycles. The third-order valence-corrected chi connectivity index (χ3v) is 6.06. The Balaban J connectivity index is 1.50. The van der Waals surface area contributed by atoms with Gasteiger partial charge in [0.25, 0.3) is 0 Å². The van der Waals surface area contributed by atoms with E-state index in [9.17, 15) is 9.59 Å². The van der Waals surface area contributed by atoms with Crippen LogP contribution in [0.25, 0.3) is 10.2 Å². The summed E-state index contributed by atoms with van der Waals surface area (Å²) in [5.41, 5.74) is 4.80. The zero-order chi connectivity index (χ0) is 19.1. The molecule has 2 amide bonds. The summed E-state index contributed by atoms with van der Waals surface area (Å²) in [4.78, 5) is 31.4. The number of nitrogens with one attached hydrogen (secondary N) is 1. The van der Waals surface area contributed by atoms with Gasteiger partial charge in [-0.05, 0) is 56.2 Å². The number of hydrogen-bond acceptors (Lipinski definition) is 4. The van der Waals surface area contributed by atoms with Gasteiger partial charge in [-0.25, -0.2) is 4.98 Å². The minimum Gasteiger partial charge on any atom is -0.326 e. The molecule has 2 aromatic carbocycles. The maximum absolute atomic E-state index is 12.7. The number of fused-ring (bicyclic) bond motifs is 1. The predicted molar refractivity (Wildman–Crippen MR) is 109 cm³/mol. The molecule has 1 N–H and O–H groups in total. The lowest BCUT2D eigenvalue weighted by atomic mass is 10.1. The monoisotopic (exact) mass is 379 g/mol. The molecule has 1 aliphatic rings. The van der Waals surface area contributed by atoms with Crippen molar-refractivity contribution < 1.29 is 9.59 Å². The van der Waals surface area contributed by atoms with Gasteiger partial charge in [-0.2, -0.15) is 0 Å². The van der Waals surface area contributed by atoms with Crippen LogP contribution in [0.1, 0.15) is 22.6 Å². The van der Waals surface area contributed by atoms with Gasteiger partial charge in [0, 0.05) is 24.3 Å². The van der Waals surface area contributed by atoms with Gasteiger partial charge >= 0.3 is 0 Å². The highest BCUT2D eigenvalue weighted by molar-refractivity contribution is 7.18. The van der Waals surface area contributed by atoms with Crippen LogP contribution >= 0.6 is 11.3 Å². The van der Waals surface area contributed by atoms with Gasteiger partial charge in [-0.15, -0.1) is 11.3 Å². The van der Waals surface area contributed by atoms with E-state index in [2.05, 4.69) is 10.3 Å². The van der Waals surface area contributed by atoms with Crippen LogP contribution in [0.5, 0.6) is 0 Å². The number of rotatable bonds is 3. The fraction of sp³-hybridized carbons (Fsp3) is 0.286. The number of nitrogens with zero attached hydrogens (tertiary/aromatic N) is 2. The van der Waals surface area contributed by atoms with Crippen molar-refractivity contribution in [1.29, 1.82) is 0 Å². The van der Waals surface area contributed by atoms with E-state index in [0.29, 0.717) is 6.54 Å². The average molecular weight is 379 g/mol. The average Bonchev–Trinajstić information content (AvgIpc) is 3.19. The van der Waals surface area contributed by atoms with Crippen LogP contribution in [0, 0.1) is 26.7 Å². The van der Waals surface area contributed by atoms with Gasteiger partial charge in [0.05, 0.1) is 21.1 Å². The number of aryl methyl sites for hydroxylation is 2. The number of carbonyl (C=O) groups is 2. The number of benzene rings is 2. The standard InChI is InChI=1S/C21H21N3O2S/c1-12-5-4-6-18(13(12)2)24-11-15(9-20(24)25)21(26)23-16-7-8-17-19(10-16)27-14(3)22-17/h4-8,10,15H,9,11H2,1-3H3,(H,23,26)/t15-/m0/s1. The molecule has 1 fully saturated rings. The van der Waals surface area contributed by atoms with Gasteiger partial charge in [0.1, 0.15) is 0 Å². The third-order valence-electron chi connectivity index (χ3n) is 5.13. The molecule has 6 heteroatoms. The van der Waals surface area contributed by atoms with Crippen molar-refractivity contribution in [3.63, 3.8) is 0 Å². The van der Waals surface area contributed by atoms with Crippen molar-refractivity contribution in [3.05, 3.63) is 52.5 Å². The number of anilines is 2. The summed E-state index contributed by atoms with van der Waals surface area (Å²) in [5.74, 6) is -0.467. The Hall–Kier alpha value is -2.73. The summed E-state index contributed by atoms with van der Waals surface area (Å²) in [6.07, 6.45) is 0.237. The van der Waals surface area contributed by atoms with Gasteiger partial charge in [0.15, 0.2) is 0 Å². The third kappa shape index (κ3) is 3.32. The fourth-order valence-corrected chi connectivity index (χ4v) is 4.37. The van der Waals surface area contributed by atoms with Crippen LogP contribution in [-0.4, -0.2) is 23.3 Å². The summed E-state index contributed by atoms with van der Waals surface area (Å²) in [5, 5.41) is 3.96. The summed E-state index contributed by atoms with van der Waals surface area (Å²) in [6, 6.07) is 11.6. The van der Waals surface area contributed by atoms with E-state index in [0.717, 1.165) is 37.7 Å². The predicted octanol–water partition coefficient (Wildman–Crippen LogP) is 4.21. The minimum absolute atomic E-state index is 0.00242. The minimum atomic E-state index is -0.351. The molecule has 0 aliphatic carbocycles. The van der Waals surface area contributed by atoms with Crippen LogP contribution in [0.15, 0.2) is 36.4 Å². The van der Waals surface area contributed by atoms with Crippen molar-refractivity contribution in [1.82, 2.24) is 4.98 Å². The Morgan fingerprint density at radius 2 is 2.04 bits per heavy atom.